The fraction of sp³-hybridized carbons (Fsp3) is 0.364. The molecule has 2 nitrogen and oxygen atoms in total. The molecule has 0 aliphatic heterocycles. The number of hydrogen-bond donors (Lipinski definition) is 0. The van der Waals surface area contributed by atoms with Gasteiger partial charge in [-0.15, -0.1) is 11.6 Å². The first-order valence-electron chi connectivity index (χ1n) is 4.74. The Morgan fingerprint density at radius 1 is 1.41 bits per heavy atom. The summed E-state index contributed by atoms with van der Waals surface area (Å²) in [5.41, 5.74) is -1.37. The summed E-state index contributed by atoms with van der Waals surface area (Å²) >= 11 is 5.35. The highest BCUT2D eigenvalue weighted by atomic mass is 35.5. The van der Waals surface area contributed by atoms with Crippen LogP contribution >= 0.6 is 11.6 Å². The Hall–Kier alpha value is -1.23. The van der Waals surface area contributed by atoms with Crippen molar-refractivity contribution in [1.29, 1.82) is 0 Å². The second-order valence-electron chi connectivity index (χ2n) is 3.27. The minimum absolute atomic E-state index is 0.0205. The Morgan fingerprint density at radius 3 is 2.53 bits per heavy atom. The number of ether oxygens (including phenoxy) is 1. The molecular weight excluding hydrogens is 257 g/mol. The standard InChI is InChI=1S/C11H10ClF3O2/c1-17-7-2-3-9(11(13,14)15)8(6-7)10(16)4-5-12/h2-3,6H,4-5H2,1H3. The first-order valence-corrected chi connectivity index (χ1v) is 5.28. The van der Waals surface area contributed by atoms with Crippen LogP contribution in [-0.2, 0) is 6.18 Å². The van der Waals surface area contributed by atoms with Crippen molar-refractivity contribution in [3.05, 3.63) is 29.3 Å². The van der Waals surface area contributed by atoms with Crippen LogP contribution in [0, 0.1) is 0 Å². The molecule has 0 heterocycles. The van der Waals surface area contributed by atoms with Crippen molar-refractivity contribution in [2.75, 3.05) is 13.0 Å². The topological polar surface area (TPSA) is 26.3 Å². The van der Waals surface area contributed by atoms with Crippen LogP contribution < -0.4 is 4.74 Å². The minimum Gasteiger partial charge on any atom is -0.497 e. The van der Waals surface area contributed by atoms with Crippen molar-refractivity contribution in [3.8, 4) is 5.75 Å². The third-order valence-electron chi connectivity index (χ3n) is 2.15. The zero-order valence-electron chi connectivity index (χ0n) is 8.97. The number of carbonyl (C=O) groups is 1. The summed E-state index contributed by atoms with van der Waals surface area (Å²) in [6, 6.07) is 3.08. The molecule has 1 aromatic rings. The van der Waals surface area contributed by atoms with Crippen LogP contribution in [0.2, 0.25) is 0 Å². The van der Waals surface area contributed by atoms with Gasteiger partial charge in [-0.3, -0.25) is 4.79 Å². The Labute approximate surface area is 101 Å². The monoisotopic (exact) mass is 266 g/mol. The summed E-state index contributed by atoms with van der Waals surface area (Å²) in [6.45, 7) is 0. The highest BCUT2D eigenvalue weighted by molar-refractivity contribution is 6.19. The predicted octanol–water partition coefficient (Wildman–Crippen LogP) is 3.53. The number of hydrogen-bond acceptors (Lipinski definition) is 2. The van der Waals surface area contributed by atoms with Gasteiger partial charge in [-0.05, 0) is 18.2 Å². The van der Waals surface area contributed by atoms with E-state index in [1.165, 1.54) is 13.2 Å². The van der Waals surface area contributed by atoms with Crippen LogP contribution in [0.15, 0.2) is 18.2 Å². The Balaban J connectivity index is 3.26. The fourth-order valence-corrected chi connectivity index (χ4v) is 1.52. The molecule has 0 aliphatic carbocycles. The third kappa shape index (κ3) is 3.36. The molecule has 0 spiro atoms. The van der Waals surface area contributed by atoms with E-state index in [0.717, 1.165) is 12.1 Å². The Bertz CT molecular complexity index is 416. The SMILES string of the molecule is COc1ccc(C(F)(F)F)c(C(=O)CCCl)c1. The minimum atomic E-state index is -4.57. The molecule has 0 aliphatic rings. The summed E-state index contributed by atoms with van der Waals surface area (Å²) < 4.78 is 42.8. The van der Waals surface area contributed by atoms with Gasteiger partial charge in [0.1, 0.15) is 5.75 Å². The van der Waals surface area contributed by atoms with E-state index in [4.69, 9.17) is 16.3 Å². The van der Waals surface area contributed by atoms with Crippen LogP contribution in [-0.4, -0.2) is 18.8 Å². The number of halogens is 4. The summed E-state index contributed by atoms with van der Waals surface area (Å²) in [5, 5.41) is 0. The highest BCUT2D eigenvalue weighted by Crippen LogP contribution is 2.34. The quantitative estimate of drug-likeness (QED) is 0.616. The van der Waals surface area contributed by atoms with E-state index in [1.54, 1.807) is 0 Å². The van der Waals surface area contributed by atoms with E-state index < -0.39 is 23.1 Å². The smallest absolute Gasteiger partial charge is 0.417 e. The van der Waals surface area contributed by atoms with Crippen LogP contribution in [0.1, 0.15) is 22.3 Å². The third-order valence-corrected chi connectivity index (χ3v) is 2.34. The van der Waals surface area contributed by atoms with Crippen LogP contribution in [0.5, 0.6) is 5.75 Å². The van der Waals surface area contributed by atoms with Crippen LogP contribution in [0.3, 0.4) is 0 Å². The molecule has 0 amide bonds. The lowest BCUT2D eigenvalue weighted by Gasteiger charge is -2.12. The van der Waals surface area contributed by atoms with Crippen LogP contribution in [0.25, 0.3) is 0 Å². The van der Waals surface area contributed by atoms with Crippen molar-refractivity contribution >= 4 is 17.4 Å². The summed E-state index contributed by atoms with van der Waals surface area (Å²) in [5.74, 6) is -0.463. The number of rotatable bonds is 4. The largest absolute Gasteiger partial charge is 0.497 e. The van der Waals surface area contributed by atoms with Crippen molar-refractivity contribution < 1.29 is 22.7 Å². The fourth-order valence-electron chi connectivity index (χ4n) is 1.35. The first kappa shape index (κ1) is 13.8. The average Bonchev–Trinajstić information content (AvgIpc) is 2.27. The van der Waals surface area contributed by atoms with Gasteiger partial charge >= 0.3 is 6.18 Å². The van der Waals surface area contributed by atoms with Crippen LogP contribution in [0.4, 0.5) is 13.2 Å². The maximum atomic E-state index is 12.7. The molecule has 0 saturated carbocycles. The molecule has 1 rings (SSSR count). The van der Waals surface area contributed by atoms with Crippen molar-refractivity contribution in [2.24, 2.45) is 0 Å². The second kappa shape index (κ2) is 5.40. The molecule has 1 aromatic carbocycles. The summed E-state index contributed by atoms with van der Waals surface area (Å²) in [4.78, 5) is 11.5. The van der Waals surface area contributed by atoms with Gasteiger partial charge in [-0.2, -0.15) is 13.2 Å². The van der Waals surface area contributed by atoms with Gasteiger partial charge in [-0.25, -0.2) is 0 Å². The molecular formula is C11H10ClF3O2. The van der Waals surface area contributed by atoms with E-state index in [0.29, 0.717) is 0 Å². The number of alkyl halides is 4. The average molecular weight is 267 g/mol. The normalized spacial score (nSPS) is 11.4. The Morgan fingerprint density at radius 2 is 2.06 bits per heavy atom. The van der Waals surface area contributed by atoms with E-state index in [2.05, 4.69) is 0 Å². The number of methoxy groups -OCH3 is 1. The molecule has 0 fully saturated rings. The zero-order valence-corrected chi connectivity index (χ0v) is 9.73. The van der Waals surface area contributed by atoms with Gasteiger partial charge in [0.15, 0.2) is 5.78 Å². The Kier molecular flexibility index (Phi) is 4.40. The number of benzene rings is 1. The maximum absolute atomic E-state index is 12.7. The lowest BCUT2D eigenvalue weighted by atomic mass is 10.0. The maximum Gasteiger partial charge on any atom is 0.417 e. The van der Waals surface area contributed by atoms with Gasteiger partial charge < -0.3 is 4.74 Å². The molecule has 0 atom stereocenters. The van der Waals surface area contributed by atoms with Crippen molar-refractivity contribution in [3.63, 3.8) is 0 Å². The van der Waals surface area contributed by atoms with Crippen molar-refractivity contribution in [2.45, 2.75) is 12.6 Å². The number of ketones is 1. The molecule has 0 saturated heterocycles. The number of Topliss-reactive ketones (excluding diaryl/α,β-unsaturated/α-hetero) is 1. The molecule has 0 N–H and O–H groups in total. The molecule has 17 heavy (non-hydrogen) atoms. The molecule has 0 bridgehead atoms. The highest BCUT2D eigenvalue weighted by Gasteiger charge is 2.35. The lowest BCUT2D eigenvalue weighted by Crippen LogP contribution is -2.13. The van der Waals surface area contributed by atoms with E-state index in [1.807, 2.05) is 0 Å². The molecule has 0 radical (unpaired) electrons. The summed E-state index contributed by atoms with van der Waals surface area (Å²) in [6.07, 6.45) is -4.71. The van der Waals surface area contributed by atoms with E-state index in [9.17, 15) is 18.0 Å². The van der Waals surface area contributed by atoms with Gasteiger partial charge in [0, 0.05) is 17.9 Å². The van der Waals surface area contributed by atoms with E-state index >= 15 is 0 Å². The van der Waals surface area contributed by atoms with Gasteiger partial charge in [0.25, 0.3) is 0 Å². The molecule has 94 valence electrons. The molecule has 0 aromatic heterocycles. The van der Waals surface area contributed by atoms with Gasteiger partial charge in [0.05, 0.1) is 12.7 Å². The first-order chi connectivity index (χ1) is 7.90. The summed E-state index contributed by atoms with van der Waals surface area (Å²) in [7, 11) is 1.32. The predicted molar refractivity (Wildman–Crippen MR) is 57.7 cm³/mol. The van der Waals surface area contributed by atoms with Gasteiger partial charge in [-0.1, -0.05) is 0 Å². The molecule has 0 unspecified atom stereocenters. The molecule has 6 heteroatoms. The lowest BCUT2D eigenvalue weighted by molar-refractivity contribution is -0.137. The second-order valence-corrected chi connectivity index (χ2v) is 3.65. The number of carbonyl (C=O) groups excluding carboxylic acids is 1. The zero-order chi connectivity index (χ0) is 13.1. The van der Waals surface area contributed by atoms with Crippen molar-refractivity contribution in [1.82, 2.24) is 0 Å². The van der Waals surface area contributed by atoms with Gasteiger partial charge in [0.2, 0.25) is 0 Å². The van der Waals surface area contributed by atoms with E-state index in [-0.39, 0.29) is 18.1 Å².